The molecule has 1 amide bonds. The van der Waals surface area contributed by atoms with Gasteiger partial charge in [0.15, 0.2) is 0 Å². The van der Waals surface area contributed by atoms with Crippen molar-refractivity contribution in [3.8, 4) is 0 Å². The number of halogens is 2. The molecule has 0 fully saturated rings. The van der Waals surface area contributed by atoms with Gasteiger partial charge in [-0.05, 0) is 31.5 Å². The van der Waals surface area contributed by atoms with Gasteiger partial charge in [0.05, 0.1) is 5.56 Å². The first-order valence-corrected chi connectivity index (χ1v) is 5.59. The van der Waals surface area contributed by atoms with Crippen LogP contribution in [0.3, 0.4) is 0 Å². The molecule has 82 valence electrons. The van der Waals surface area contributed by atoms with Gasteiger partial charge in [-0.15, -0.1) is 0 Å². The Morgan fingerprint density at radius 2 is 2.27 bits per heavy atom. The highest BCUT2D eigenvalue weighted by Crippen LogP contribution is 2.15. The van der Waals surface area contributed by atoms with Crippen molar-refractivity contribution < 1.29 is 9.18 Å². The van der Waals surface area contributed by atoms with Crippen LogP contribution in [0.5, 0.6) is 0 Å². The minimum atomic E-state index is -0.509. The Hall–Kier alpha value is -0.900. The fourth-order valence-corrected chi connectivity index (χ4v) is 1.41. The quantitative estimate of drug-likeness (QED) is 0.901. The molecule has 1 N–H and O–H groups in total. The first-order chi connectivity index (χ1) is 7.04. The van der Waals surface area contributed by atoms with E-state index >= 15 is 0 Å². The summed E-state index contributed by atoms with van der Waals surface area (Å²) < 4.78 is 14.0. The predicted molar refractivity (Wildman–Crippen MR) is 61.3 cm³/mol. The highest BCUT2D eigenvalue weighted by atomic mass is 79.9. The first-order valence-electron chi connectivity index (χ1n) is 4.80. The van der Waals surface area contributed by atoms with Gasteiger partial charge in [-0.1, -0.05) is 22.9 Å². The molecule has 1 rings (SSSR count). The number of benzene rings is 1. The van der Waals surface area contributed by atoms with Crippen molar-refractivity contribution in [3.05, 3.63) is 34.1 Å². The van der Waals surface area contributed by atoms with Crippen molar-refractivity contribution in [1.82, 2.24) is 5.32 Å². The van der Waals surface area contributed by atoms with Crippen molar-refractivity contribution in [3.63, 3.8) is 0 Å². The van der Waals surface area contributed by atoms with Gasteiger partial charge in [-0.25, -0.2) is 4.39 Å². The van der Waals surface area contributed by atoms with E-state index in [0.717, 1.165) is 6.42 Å². The molecule has 1 atom stereocenters. The van der Waals surface area contributed by atoms with Crippen LogP contribution in [-0.4, -0.2) is 11.9 Å². The molecule has 0 aliphatic carbocycles. The predicted octanol–water partition coefficient (Wildman–Crippen LogP) is 3.12. The molecule has 1 unspecified atom stereocenters. The third kappa shape index (κ3) is 3.30. The Morgan fingerprint density at radius 1 is 1.60 bits per heavy atom. The summed E-state index contributed by atoms with van der Waals surface area (Å²) in [4.78, 5) is 11.6. The van der Waals surface area contributed by atoms with Crippen molar-refractivity contribution >= 4 is 21.8 Å². The Morgan fingerprint density at radius 3 is 2.80 bits per heavy atom. The molecule has 15 heavy (non-hydrogen) atoms. The largest absolute Gasteiger partial charge is 0.350 e. The summed E-state index contributed by atoms with van der Waals surface area (Å²) in [5, 5.41) is 2.71. The first kappa shape index (κ1) is 12.2. The third-order valence-electron chi connectivity index (χ3n) is 2.17. The van der Waals surface area contributed by atoms with Gasteiger partial charge in [0, 0.05) is 10.5 Å². The smallest absolute Gasteiger partial charge is 0.254 e. The van der Waals surface area contributed by atoms with Gasteiger partial charge < -0.3 is 5.32 Å². The summed E-state index contributed by atoms with van der Waals surface area (Å²) in [5.74, 6) is -0.875. The van der Waals surface area contributed by atoms with Crippen molar-refractivity contribution in [1.29, 1.82) is 0 Å². The third-order valence-corrected chi connectivity index (χ3v) is 2.66. The lowest BCUT2D eigenvalue weighted by Gasteiger charge is -2.11. The molecule has 1 aromatic carbocycles. The summed E-state index contributed by atoms with van der Waals surface area (Å²) in [7, 11) is 0. The van der Waals surface area contributed by atoms with Crippen LogP contribution < -0.4 is 5.32 Å². The Labute approximate surface area is 97.0 Å². The molecule has 0 aliphatic heterocycles. The van der Waals surface area contributed by atoms with E-state index in [-0.39, 0.29) is 17.5 Å². The van der Waals surface area contributed by atoms with Crippen LogP contribution in [0.25, 0.3) is 0 Å². The molecule has 0 saturated carbocycles. The Balaban J connectivity index is 2.82. The van der Waals surface area contributed by atoms with Crippen molar-refractivity contribution in [2.24, 2.45) is 0 Å². The summed E-state index contributed by atoms with van der Waals surface area (Å²) in [6.45, 7) is 3.84. The average molecular weight is 274 g/mol. The number of carbonyl (C=O) groups is 1. The Kier molecular flexibility index (Phi) is 4.27. The summed E-state index contributed by atoms with van der Waals surface area (Å²) in [6, 6.07) is 4.46. The fraction of sp³-hybridized carbons (Fsp3) is 0.364. The number of hydrogen-bond donors (Lipinski definition) is 1. The highest BCUT2D eigenvalue weighted by Gasteiger charge is 2.13. The summed E-state index contributed by atoms with van der Waals surface area (Å²) >= 11 is 3.14. The summed E-state index contributed by atoms with van der Waals surface area (Å²) in [5.41, 5.74) is 0.0819. The summed E-state index contributed by atoms with van der Waals surface area (Å²) in [6.07, 6.45) is 0.823. The van der Waals surface area contributed by atoms with E-state index in [1.165, 1.54) is 12.1 Å². The number of hydrogen-bond acceptors (Lipinski definition) is 1. The second kappa shape index (κ2) is 5.26. The molecule has 0 spiro atoms. The van der Waals surface area contributed by atoms with Gasteiger partial charge in [0.25, 0.3) is 5.91 Å². The average Bonchev–Trinajstić information content (AvgIpc) is 2.17. The molecule has 0 aromatic heterocycles. The lowest BCUT2D eigenvalue weighted by molar-refractivity contribution is 0.0935. The number of amides is 1. The molecule has 0 bridgehead atoms. The lowest BCUT2D eigenvalue weighted by Crippen LogP contribution is -2.32. The fourth-order valence-electron chi connectivity index (χ4n) is 1.08. The monoisotopic (exact) mass is 273 g/mol. The molecule has 0 aliphatic rings. The van der Waals surface area contributed by atoms with E-state index in [1.54, 1.807) is 6.07 Å². The molecular formula is C11H13BrFNO. The standard InChI is InChI=1S/C11H13BrFNO/c1-3-7(2)14-11(15)9-5-4-8(12)6-10(9)13/h4-7H,3H2,1-2H3,(H,14,15). The normalized spacial score (nSPS) is 12.3. The maximum absolute atomic E-state index is 13.4. The zero-order valence-corrected chi connectivity index (χ0v) is 10.3. The van der Waals surface area contributed by atoms with Crippen molar-refractivity contribution in [2.75, 3.05) is 0 Å². The topological polar surface area (TPSA) is 29.1 Å². The van der Waals surface area contributed by atoms with E-state index in [0.29, 0.717) is 4.47 Å². The molecule has 1 aromatic rings. The van der Waals surface area contributed by atoms with Gasteiger partial charge in [0.2, 0.25) is 0 Å². The van der Waals surface area contributed by atoms with E-state index in [2.05, 4.69) is 21.2 Å². The minimum Gasteiger partial charge on any atom is -0.350 e. The van der Waals surface area contributed by atoms with Crippen LogP contribution >= 0.6 is 15.9 Å². The van der Waals surface area contributed by atoms with Gasteiger partial charge >= 0.3 is 0 Å². The molecular weight excluding hydrogens is 261 g/mol. The molecule has 0 heterocycles. The molecule has 2 nitrogen and oxygen atoms in total. The maximum Gasteiger partial charge on any atom is 0.254 e. The van der Waals surface area contributed by atoms with Crippen LogP contribution in [0.2, 0.25) is 0 Å². The number of carbonyl (C=O) groups excluding carboxylic acids is 1. The van der Waals surface area contributed by atoms with E-state index in [9.17, 15) is 9.18 Å². The lowest BCUT2D eigenvalue weighted by atomic mass is 10.2. The van der Waals surface area contributed by atoms with E-state index in [4.69, 9.17) is 0 Å². The number of rotatable bonds is 3. The second-order valence-electron chi connectivity index (χ2n) is 3.41. The van der Waals surface area contributed by atoms with Crippen LogP contribution in [0.4, 0.5) is 4.39 Å². The SMILES string of the molecule is CCC(C)NC(=O)c1ccc(Br)cc1F. The molecule has 4 heteroatoms. The van der Waals surface area contributed by atoms with Gasteiger partial charge in [0.1, 0.15) is 5.82 Å². The van der Waals surface area contributed by atoms with Crippen molar-refractivity contribution in [2.45, 2.75) is 26.3 Å². The second-order valence-corrected chi connectivity index (χ2v) is 4.32. The molecule has 0 radical (unpaired) electrons. The Bertz CT molecular complexity index is 368. The molecule has 0 saturated heterocycles. The van der Waals surface area contributed by atoms with E-state index in [1.807, 2.05) is 13.8 Å². The van der Waals surface area contributed by atoms with Crippen LogP contribution in [0, 0.1) is 5.82 Å². The highest BCUT2D eigenvalue weighted by molar-refractivity contribution is 9.10. The number of nitrogens with one attached hydrogen (secondary N) is 1. The maximum atomic E-state index is 13.4. The zero-order chi connectivity index (χ0) is 11.4. The van der Waals surface area contributed by atoms with Gasteiger partial charge in [-0.2, -0.15) is 0 Å². The van der Waals surface area contributed by atoms with Crippen LogP contribution in [0.15, 0.2) is 22.7 Å². The van der Waals surface area contributed by atoms with E-state index < -0.39 is 5.82 Å². The van der Waals surface area contributed by atoms with Gasteiger partial charge in [-0.3, -0.25) is 4.79 Å². The zero-order valence-electron chi connectivity index (χ0n) is 8.68. The van der Waals surface area contributed by atoms with Crippen LogP contribution in [0.1, 0.15) is 30.6 Å². The minimum absolute atomic E-state index is 0.0561. The van der Waals surface area contributed by atoms with Crippen LogP contribution in [-0.2, 0) is 0 Å².